The summed E-state index contributed by atoms with van der Waals surface area (Å²) in [6.07, 6.45) is 0. The topological polar surface area (TPSA) is 6.48 Å². The Morgan fingerprint density at radius 2 is 0.809 bits per heavy atom. The molecule has 0 saturated heterocycles. The van der Waals surface area contributed by atoms with Crippen molar-refractivity contribution in [1.82, 2.24) is 0 Å². The van der Waals surface area contributed by atoms with Gasteiger partial charge in [0, 0.05) is 33.5 Å². The number of nitrogens with zero attached hydrogens (tertiary/aromatic N) is 2. The maximum atomic E-state index is 2.51. The van der Waals surface area contributed by atoms with Gasteiger partial charge in [0.1, 0.15) is 0 Å². The first-order valence-corrected chi connectivity index (χ1v) is 16.5. The zero-order valence-electron chi connectivity index (χ0n) is 28.0. The van der Waals surface area contributed by atoms with Crippen molar-refractivity contribution in [1.29, 1.82) is 0 Å². The molecule has 7 aromatic carbocycles. The Kier molecular flexibility index (Phi) is 7.82. The summed E-state index contributed by atoms with van der Waals surface area (Å²) in [6.45, 7) is 11.5. The zero-order valence-corrected chi connectivity index (χ0v) is 28.0. The van der Waals surface area contributed by atoms with E-state index in [0.717, 1.165) is 22.7 Å². The summed E-state index contributed by atoms with van der Waals surface area (Å²) in [5.74, 6) is 0. The molecule has 0 fully saturated rings. The average Bonchev–Trinajstić information content (AvgIpc) is 3.09. The van der Waals surface area contributed by atoms with Crippen LogP contribution >= 0.6 is 0 Å². The van der Waals surface area contributed by atoms with Crippen LogP contribution in [0, 0.1) is 0 Å². The number of anilines is 5. The summed E-state index contributed by atoms with van der Waals surface area (Å²) in [4.78, 5) is 4.88. The minimum Gasteiger partial charge on any atom is -0.331 e. The van der Waals surface area contributed by atoms with Crippen molar-refractivity contribution < 1.29 is 0 Å². The molecule has 7 rings (SSSR count). The van der Waals surface area contributed by atoms with Crippen molar-refractivity contribution in [3.8, 4) is 0 Å². The Bertz CT molecular complexity index is 2130. The van der Waals surface area contributed by atoms with E-state index in [9.17, 15) is 0 Å². The fourth-order valence-electron chi connectivity index (χ4n) is 6.83. The van der Waals surface area contributed by atoms with Crippen molar-refractivity contribution in [3.05, 3.63) is 175 Å². The standard InChI is InChI=1S/C45H42N2/c1-44(2,3)35-25-27-36(28-26-35)45(4,5)47(43-24-14-18-34-16-10-12-22-41(34)43)39-31-29-38(30-32-39)46(37-19-7-6-8-20-37)42-23-13-17-33-15-9-11-21-40(33)42/h6-32H,1-5H3. The smallest absolute Gasteiger partial charge is 0.0646 e. The number of para-hydroxylation sites is 1. The summed E-state index contributed by atoms with van der Waals surface area (Å²) in [6, 6.07) is 59.5. The normalized spacial score (nSPS) is 11.9. The van der Waals surface area contributed by atoms with Crippen LogP contribution < -0.4 is 9.80 Å². The van der Waals surface area contributed by atoms with E-state index < -0.39 is 0 Å². The number of rotatable bonds is 7. The van der Waals surface area contributed by atoms with E-state index in [4.69, 9.17) is 0 Å². The lowest BCUT2D eigenvalue weighted by molar-refractivity contribution is 0.534. The average molecular weight is 611 g/mol. The number of benzene rings is 7. The Morgan fingerprint density at radius 1 is 0.362 bits per heavy atom. The van der Waals surface area contributed by atoms with Crippen LogP contribution in [0.5, 0.6) is 0 Å². The van der Waals surface area contributed by atoms with Crippen molar-refractivity contribution in [2.45, 2.75) is 45.6 Å². The number of fused-ring (bicyclic) bond motifs is 2. The largest absolute Gasteiger partial charge is 0.331 e. The highest BCUT2D eigenvalue weighted by atomic mass is 15.2. The van der Waals surface area contributed by atoms with E-state index in [0.29, 0.717) is 0 Å². The minimum atomic E-state index is -0.350. The summed E-state index contributed by atoms with van der Waals surface area (Å²) in [5.41, 5.74) is 8.09. The molecule has 0 amide bonds. The molecule has 0 N–H and O–H groups in total. The van der Waals surface area contributed by atoms with Crippen molar-refractivity contribution >= 4 is 50.0 Å². The van der Waals surface area contributed by atoms with E-state index in [2.05, 4.69) is 208 Å². The van der Waals surface area contributed by atoms with Gasteiger partial charge in [-0.3, -0.25) is 0 Å². The second-order valence-electron chi connectivity index (χ2n) is 13.9. The fourth-order valence-corrected chi connectivity index (χ4v) is 6.83. The zero-order chi connectivity index (χ0) is 32.6. The molecule has 2 heteroatoms. The molecule has 0 aliphatic heterocycles. The van der Waals surface area contributed by atoms with E-state index in [1.165, 1.54) is 38.4 Å². The van der Waals surface area contributed by atoms with Gasteiger partial charge in [-0.2, -0.15) is 0 Å². The van der Waals surface area contributed by atoms with Gasteiger partial charge in [0.15, 0.2) is 0 Å². The highest BCUT2D eigenvalue weighted by Gasteiger charge is 2.32. The molecule has 232 valence electrons. The van der Waals surface area contributed by atoms with Gasteiger partial charge in [0.2, 0.25) is 0 Å². The highest BCUT2D eigenvalue weighted by Crippen LogP contribution is 2.45. The first-order valence-electron chi connectivity index (χ1n) is 16.5. The molecule has 0 saturated carbocycles. The van der Waals surface area contributed by atoms with Crippen LogP contribution in [-0.4, -0.2) is 0 Å². The fraction of sp³-hybridized carbons (Fsp3) is 0.156. The van der Waals surface area contributed by atoms with Gasteiger partial charge in [-0.15, -0.1) is 0 Å². The quantitative estimate of drug-likeness (QED) is 0.177. The van der Waals surface area contributed by atoms with Gasteiger partial charge < -0.3 is 9.80 Å². The molecule has 0 radical (unpaired) electrons. The van der Waals surface area contributed by atoms with Crippen molar-refractivity contribution in [3.63, 3.8) is 0 Å². The molecule has 0 bridgehead atoms. The molecule has 0 aliphatic rings. The molecule has 0 unspecified atom stereocenters. The molecule has 0 atom stereocenters. The predicted molar refractivity (Wildman–Crippen MR) is 203 cm³/mol. The molecular weight excluding hydrogens is 569 g/mol. The van der Waals surface area contributed by atoms with Gasteiger partial charge in [0.05, 0.1) is 11.2 Å². The lowest BCUT2D eigenvalue weighted by Gasteiger charge is -2.42. The molecule has 0 spiro atoms. The van der Waals surface area contributed by atoms with Crippen molar-refractivity contribution in [2.24, 2.45) is 0 Å². The highest BCUT2D eigenvalue weighted by molar-refractivity contribution is 5.99. The molecular formula is C45H42N2. The minimum absolute atomic E-state index is 0.0997. The second-order valence-corrected chi connectivity index (χ2v) is 13.9. The molecule has 0 heterocycles. The molecule has 0 aliphatic carbocycles. The molecule has 2 nitrogen and oxygen atoms in total. The lowest BCUT2D eigenvalue weighted by atomic mass is 9.83. The summed E-state index contributed by atoms with van der Waals surface area (Å²) in [5, 5.41) is 4.92. The third-order valence-electron chi connectivity index (χ3n) is 9.41. The summed E-state index contributed by atoms with van der Waals surface area (Å²) in [7, 11) is 0. The van der Waals surface area contributed by atoms with Crippen LogP contribution in [-0.2, 0) is 11.0 Å². The first kappa shape index (κ1) is 30.3. The monoisotopic (exact) mass is 610 g/mol. The number of hydrogen-bond acceptors (Lipinski definition) is 2. The van der Waals surface area contributed by atoms with Gasteiger partial charge in [-0.05, 0) is 89.7 Å². The van der Waals surface area contributed by atoms with Gasteiger partial charge >= 0.3 is 0 Å². The Hall–Kier alpha value is -5.34. The molecule has 47 heavy (non-hydrogen) atoms. The lowest BCUT2D eigenvalue weighted by Crippen LogP contribution is -2.38. The number of hydrogen-bond donors (Lipinski definition) is 0. The predicted octanol–water partition coefficient (Wildman–Crippen LogP) is 12.8. The Balaban J connectivity index is 1.38. The van der Waals surface area contributed by atoms with E-state index in [1.807, 2.05) is 0 Å². The summed E-state index contributed by atoms with van der Waals surface area (Å²) >= 11 is 0. The van der Waals surface area contributed by atoms with E-state index >= 15 is 0 Å². The van der Waals surface area contributed by atoms with E-state index in [-0.39, 0.29) is 11.0 Å². The van der Waals surface area contributed by atoms with Crippen LogP contribution in [0.1, 0.15) is 45.7 Å². The van der Waals surface area contributed by atoms with Gasteiger partial charge in [-0.1, -0.05) is 136 Å². The second kappa shape index (κ2) is 12.1. The van der Waals surface area contributed by atoms with Crippen LogP contribution in [0.25, 0.3) is 21.5 Å². The van der Waals surface area contributed by atoms with Crippen LogP contribution in [0.3, 0.4) is 0 Å². The SMILES string of the molecule is CC(C)(C)c1ccc(C(C)(C)N(c2ccc(N(c3ccccc3)c3cccc4ccccc34)cc2)c2cccc3ccccc23)cc1. The molecule has 7 aromatic rings. The molecule has 0 aromatic heterocycles. The first-order chi connectivity index (χ1) is 22.7. The van der Waals surface area contributed by atoms with Crippen LogP contribution in [0.15, 0.2) is 164 Å². The summed E-state index contributed by atoms with van der Waals surface area (Å²) < 4.78 is 0. The Morgan fingerprint density at radius 3 is 1.40 bits per heavy atom. The van der Waals surface area contributed by atoms with Gasteiger partial charge in [0.25, 0.3) is 0 Å². The van der Waals surface area contributed by atoms with Crippen LogP contribution in [0.4, 0.5) is 28.4 Å². The van der Waals surface area contributed by atoms with Crippen LogP contribution in [0.2, 0.25) is 0 Å². The third-order valence-corrected chi connectivity index (χ3v) is 9.41. The van der Waals surface area contributed by atoms with Crippen molar-refractivity contribution in [2.75, 3.05) is 9.80 Å². The van der Waals surface area contributed by atoms with Gasteiger partial charge in [-0.25, -0.2) is 0 Å². The third kappa shape index (κ3) is 5.77. The van der Waals surface area contributed by atoms with E-state index in [1.54, 1.807) is 0 Å². The Labute approximate surface area is 279 Å². The maximum Gasteiger partial charge on any atom is 0.0646 e. The maximum absolute atomic E-state index is 2.51.